The Morgan fingerprint density at radius 1 is 1.04 bits per heavy atom. The molecule has 0 atom stereocenters. The summed E-state index contributed by atoms with van der Waals surface area (Å²) in [6.45, 7) is 5.84. The third kappa shape index (κ3) is 3.46. The monoisotopic (exact) mass is 325 g/mol. The highest BCUT2D eigenvalue weighted by atomic mass is 35.5. The molecule has 0 bridgehead atoms. The van der Waals surface area contributed by atoms with Crippen molar-refractivity contribution >= 4 is 34.7 Å². The van der Waals surface area contributed by atoms with Gasteiger partial charge in [-0.15, -0.1) is 0 Å². The number of aryl methyl sites for hydroxylation is 3. The van der Waals surface area contributed by atoms with Crippen LogP contribution in [0.5, 0.6) is 0 Å². The number of aromatic nitrogens is 3. The minimum Gasteiger partial charge on any atom is -0.245 e. The Hall–Kier alpha value is -2.53. The maximum Gasteiger partial charge on any atom is 0.243 e. The predicted octanol–water partition coefficient (Wildman–Crippen LogP) is 4.05. The van der Waals surface area contributed by atoms with Crippen LogP contribution in [0.3, 0.4) is 0 Å². The summed E-state index contributed by atoms with van der Waals surface area (Å²) in [4.78, 5) is 13.0. The van der Waals surface area contributed by atoms with E-state index in [1.807, 2.05) is 51.1 Å². The van der Waals surface area contributed by atoms with Crippen molar-refractivity contribution in [3.63, 3.8) is 0 Å². The molecule has 0 saturated carbocycles. The fourth-order valence-corrected chi connectivity index (χ4v) is 2.55. The fraction of sp³-hybridized carbons (Fsp3) is 0.176. The van der Waals surface area contributed by atoms with Gasteiger partial charge in [-0.3, -0.25) is 0 Å². The van der Waals surface area contributed by atoms with Crippen LogP contribution in [0.25, 0.3) is 10.9 Å². The van der Waals surface area contributed by atoms with Crippen molar-refractivity contribution in [2.24, 2.45) is 5.10 Å². The lowest BCUT2D eigenvalue weighted by Crippen LogP contribution is -2.00. The Labute approximate surface area is 139 Å². The van der Waals surface area contributed by atoms with E-state index < -0.39 is 0 Å². The molecule has 0 saturated heterocycles. The third-order valence-electron chi connectivity index (χ3n) is 3.38. The fourth-order valence-electron chi connectivity index (χ4n) is 2.37. The van der Waals surface area contributed by atoms with E-state index in [1.165, 1.54) is 0 Å². The van der Waals surface area contributed by atoms with Gasteiger partial charge in [0.2, 0.25) is 5.95 Å². The number of hydrazone groups is 1. The van der Waals surface area contributed by atoms with Gasteiger partial charge < -0.3 is 0 Å². The van der Waals surface area contributed by atoms with E-state index in [1.54, 1.807) is 6.21 Å². The second-order valence-electron chi connectivity index (χ2n) is 5.36. The Morgan fingerprint density at radius 3 is 2.52 bits per heavy atom. The quantitative estimate of drug-likeness (QED) is 0.448. The number of hydrogen-bond donors (Lipinski definition) is 1. The van der Waals surface area contributed by atoms with Crippen LogP contribution in [0, 0.1) is 20.8 Å². The summed E-state index contributed by atoms with van der Waals surface area (Å²) in [7, 11) is 0. The van der Waals surface area contributed by atoms with Crippen LogP contribution in [0.4, 0.5) is 5.95 Å². The number of halogens is 1. The van der Waals surface area contributed by atoms with E-state index in [-0.39, 0.29) is 0 Å². The topological polar surface area (TPSA) is 63.1 Å². The Bertz CT molecular complexity index is 885. The number of anilines is 1. The molecule has 23 heavy (non-hydrogen) atoms. The van der Waals surface area contributed by atoms with Crippen molar-refractivity contribution in [3.8, 4) is 0 Å². The van der Waals surface area contributed by atoms with Gasteiger partial charge in [-0.1, -0.05) is 29.8 Å². The van der Waals surface area contributed by atoms with Gasteiger partial charge in [0, 0.05) is 22.3 Å². The van der Waals surface area contributed by atoms with E-state index in [0.717, 1.165) is 33.4 Å². The normalized spacial score (nSPS) is 11.3. The van der Waals surface area contributed by atoms with Gasteiger partial charge in [-0.05, 0) is 38.5 Å². The molecular formula is C17H16ClN5. The van der Waals surface area contributed by atoms with Crippen LogP contribution >= 0.6 is 11.6 Å². The van der Waals surface area contributed by atoms with E-state index in [9.17, 15) is 0 Å². The first-order valence-electron chi connectivity index (χ1n) is 7.20. The summed E-state index contributed by atoms with van der Waals surface area (Å²) in [5.41, 5.74) is 7.33. The molecule has 0 aliphatic carbocycles. The lowest BCUT2D eigenvalue weighted by atomic mass is 10.1. The van der Waals surface area contributed by atoms with E-state index >= 15 is 0 Å². The summed E-state index contributed by atoms with van der Waals surface area (Å²) in [5, 5.41) is 5.60. The Balaban J connectivity index is 1.87. The SMILES string of the molecule is Cc1cc(C)nc(N/N=C\c2cc3cccc(C)c3nc2Cl)n1. The van der Waals surface area contributed by atoms with Crippen LogP contribution in [-0.2, 0) is 0 Å². The number of rotatable bonds is 3. The molecule has 1 N–H and O–H groups in total. The number of nitrogens with one attached hydrogen (secondary N) is 1. The molecule has 5 nitrogen and oxygen atoms in total. The lowest BCUT2D eigenvalue weighted by molar-refractivity contribution is 1.04. The largest absolute Gasteiger partial charge is 0.245 e. The zero-order valence-corrected chi connectivity index (χ0v) is 13.9. The molecule has 0 amide bonds. The van der Waals surface area contributed by atoms with Crippen molar-refractivity contribution in [3.05, 3.63) is 58.0 Å². The molecule has 0 aliphatic rings. The van der Waals surface area contributed by atoms with Crippen molar-refractivity contribution in [1.29, 1.82) is 0 Å². The first kappa shape index (κ1) is 15.4. The average molecular weight is 326 g/mol. The number of fused-ring (bicyclic) bond motifs is 1. The highest BCUT2D eigenvalue weighted by molar-refractivity contribution is 6.32. The van der Waals surface area contributed by atoms with Crippen LogP contribution < -0.4 is 5.43 Å². The zero-order chi connectivity index (χ0) is 16.4. The first-order chi connectivity index (χ1) is 11.0. The van der Waals surface area contributed by atoms with Gasteiger partial charge in [-0.2, -0.15) is 5.10 Å². The van der Waals surface area contributed by atoms with Crippen molar-refractivity contribution < 1.29 is 0 Å². The maximum absolute atomic E-state index is 6.25. The molecule has 2 heterocycles. The molecule has 116 valence electrons. The molecule has 0 spiro atoms. The highest BCUT2D eigenvalue weighted by Gasteiger charge is 2.05. The number of hydrogen-bond acceptors (Lipinski definition) is 5. The van der Waals surface area contributed by atoms with Crippen LogP contribution in [0.1, 0.15) is 22.5 Å². The Morgan fingerprint density at radius 2 is 1.78 bits per heavy atom. The third-order valence-corrected chi connectivity index (χ3v) is 3.68. The second kappa shape index (κ2) is 6.30. The van der Waals surface area contributed by atoms with Gasteiger partial charge in [0.05, 0.1) is 11.7 Å². The summed E-state index contributed by atoms with van der Waals surface area (Å²) < 4.78 is 0. The van der Waals surface area contributed by atoms with Gasteiger partial charge in [0.15, 0.2) is 0 Å². The summed E-state index contributed by atoms with van der Waals surface area (Å²) >= 11 is 6.25. The smallest absolute Gasteiger partial charge is 0.243 e. The minimum absolute atomic E-state index is 0.415. The number of nitrogens with zero attached hydrogens (tertiary/aromatic N) is 4. The first-order valence-corrected chi connectivity index (χ1v) is 7.58. The summed E-state index contributed by atoms with van der Waals surface area (Å²) in [5.74, 6) is 0.458. The van der Waals surface area contributed by atoms with Crippen molar-refractivity contribution in [2.75, 3.05) is 5.43 Å². The van der Waals surface area contributed by atoms with Crippen LogP contribution in [0.15, 0.2) is 35.4 Å². The summed E-state index contributed by atoms with van der Waals surface area (Å²) in [6, 6.07) is 9.88. The number of pyridine rings is 1. The molecule has 1 aromatic carbocycles. The van der Waals surface area contributed by atoms with Gasteiger partial charge >= 0.3 is 0 Å². The molecule has 0 radical (unpaired) electrons. The van der Waals surface area contributed by atoms with E-state index in [2.05, 4.69) is 25.5 Å². The summed E-state index contributed by atoms with van der Waals surface area (Å²) in [6.07, 6.45) is 1.62. The molecule has 6 heteroatoms. The van der Waals surface area contributed by atoms with Crippen molar-refractivity contribution in [2.45, 2.75) is 20.8 Å². The lowest BCUT2D eigenvalue weighted by Gasteiger charge is -2.05. The molecule has 3 rings (SSSR count). The van der Waals surface area contributed by atoms with E-state index in [4.69, 9.17) is 11.6 Å². The zero-order valence-electron chi connectivity index (χ0n) is 13.1. The second-order valence-corrected chi connectivity index (χ2v) is 5.72. The molecule has 2 aromatic heterocycles. The minimum atomic E-state index is 0.415. The molecule has 3 aromatic rings. The van der Waals surface area contributed by atoms with Crippen LogP contribution in [-0.4, -0.2) is 21.2 Å². The van der Waals surface area contributed by atoms with Crippen molar-refractivity contribution in [1.82, 2.24) is 15.0 Å². The van der Waals surface area contributed by atoms with Gasteiger partial charge in [0.1, 0.15) is 5.15 Å². The van der Waals surface area contributed by atoms with Crippen LogP contribution in [0.2, 0.25) is 5.15 Å². The van der Waals surface area contributed by atoms with E-state index in [0.29, 0.717) is 11.1 Å². The maximum atomic E-state index is 6.25. The molecule has 0 fully saturated rings. The van der Waals surface area contributed by atoms with Gasteiger partial charge in [0.25, 0.3) is 0 Å². The molecule has 0 aliphatic heterocycles. The van der Waals surface area contributed by atoms with Gasteiger partial charge in [-0.25, -0.2) is 20.4 Å². The molecular weight excluding hydrogens is 310 g/mol. The Kier molecular flexibility index (Phi) is 4.21. The standard InChI is InChI=1S/C17H16ClN5/c1-10-5-4-6-13-8-14(16(18)22-15(10)13)9-19-23-17-20-11(2)7-12(3)21-17/h4-9H,1-3H3,(H,20,21,23)/b19-9-. The number of benzene rings is 1. The molecule has 0 unspecified atom stereocenters. The number of para-hydroxylation sites is 1. The highest BCUT2D eigenvalue weighted by Crippen LogP contribution is 2.21. The average Bonchev–Trinajstić information content (AvgIpc) is 2.48. The predicted molar refractivity (Wildman–Crippen MR) is 94.2 cm³/mol.